The van der Waals surface area contributed by atoms with Gasteiger partial charge in [-0.1, -0.05) is 25.5 Å². The van der Waals surface area contributed by atoms with Crippen LogP contribution in [0.3, 0.4) is 0 Å². The monoisotopic (exact) mass is 250 g/mol. The molecule has 0 saturated heterocycles. The van der Waals surface area contributed by atoms with Gasteiger partial charge < -0.3 is 15.4 Å². The van der Waals surface area contributed by atoms with E-state index in [1.165, 1.54) is 5.56 Å². The summed E-state index contributed by atoms with van der Waals surface area (Å²) in [7, 11) is 0. The van der Waals surface area contributed by atoms with E-state index in [-0.39, 0.29) is 12.8 Å². The van der Waals surface area contributed by atoms with Gasteiger partial charge in [0.15, 0.2) is 6.73 Å². The maximum atomic E-state index is 11.4. The molecule has 2 amide bonds. The fraction of sp³-hybridized carbons (Fsp3) is 0.500. The molecule has 4 nitrogen and oxygen atoms in total. The lowest BCUT2D eigenvalue weighted by Crippen LogP contribution is -2.38. The maximum Gasteiger partial charge on any atom is 0.317 e. The number of amides is 2. The second-order valence-electron chi connectivity index (χ2n) is 4.27. The highest BCUT2D eigenvalue weighted by atomic mass is 16.5. The van der Waals surface area contributed by atoms with Gasteiger partial charge in [-0.05, 0) is 37.5 Å². The van der Waals surface area contributed by atoms with Crippen molar-refractivity contribution in [2.45, 2.75) is 33.6 Å². The number of nitrogens with one attached hydrogen (secondary N) is 2. The smallest absolute Gasteiger partial charge is 0.317 e. The van der Waals surface area contributed by atoms with Crippen molar-refractivity contribution in [2.24, 2.45) is 0 Å². The Morgan fingerprint density at radius 1 is 1.28 bits per heavy atom. The van der Waals surface area contributed by atoms with Crippen LogP contribution in [0.5, 0.6) is 5.75 Å². The molecule has 0 aliphatic heterocycles. The number of hydrogen-bond donors (Lipinski definition) is 2. The summed E-state index contributed by atoms with van der Waals surface area (Å²) in [6, 6.07) is 5.69. The van der Waals surface area contributed by atoms with Gasteiger partial charge in [0, 0.05) is 6.54 Å². The van der Waals surface area contributed by atoms with Crippen molar-refractivity contribution in [1.29, 1.82) is 0 Å². The Hall–Kier alpha value is -1.71. The minimum Gasteiger partial charge on any atom is -0.473 e. The molecule has 0 aliphatic carbocycles. The van der Waals surface area contributed by atoms with Crippen molar-refractivity contribution >= 4 is 6.03 Å². The van der Waals surface area contributed by atoms with Gasteiger partial charge in [0.05, 0.1) is 0 Å². The van der Waals surface area contributed by atoms with Crippen molar-refractivity contribution in [3.05, 3.63) is 29.3 Å². The van der Waals surface area contributed by atoms with Crippen molar-refractivity contribution in [3.8, 4) is 5.75 Å². The Kier molecular flexibility index (Phi) is 6.05. The molecule has 0 bridgehead atoms. The summed E-state index contributed by atoms with van der Waals surface area (Å²) >= 11 is 0. The molecule has 1 rings (SSSR count). The van der Waals surface area contributed by atoms with Crippen LogP contribution >= 0.6 is 0 Å². The van der Waals surface area contributed by atoms with Crippen LogP contribution in [0.4, 0.5) is 4.79 Å². The number of ether oxygens (including phenoxy) is 1. The van der Waals surface area contributed by atoms with E-state index in [2.05, 4.69) is 17.6 Å². The second kappa shape index (κ2) is 7.58. The van der Waals surface area contributed by atoms with Crippen LogP contribution in [-0.4, -0.2) is 19.3 Å². The minimum atomic E-state index is -0.186. The molecule has 100 valence electrons. The van der Waals surface area contributed by atoms with Crippen LogP contribution in [0.15, 0.2) is 18.2 Å². The number of aryl methyl sites for hydroxylation is 1. The number of hydrogen-bond acceptors (Lipinski definition) is 2. The fourth-order valence-electron chi connectivity index (χ4n) is 1.50. The summed E-state index contributed by atoms with van der Waals surface area (Å²) in [5.41, 5.74) is 2.28. The SMILES string of the molecule is CCCCNC(=O)NCOc1cccc(C)c1C. The van der Waals surface area contributed by atoms with E-state index >= 15 is 0 Å². The van der Waals surface area contributed by atoms with E-state index in [1.807, 2.05) is 32.0 Å². The van der Waals surface area contributed by atoms with Gasteiger partial charge in [-0.15, -0.1) is 0 Å². The molecule has 18 heavy (non-hydrogen) atoms. The Morgan fingerprint density at radius 2 is 2.06 bits per heavy atom. The van der Waals surface area contributed by atoms with Crippen LogP contribution in [0.1, 0.15) is 30.9 Å². The van der Waals surface area contributed by atoms with Crippen LogP contribution < -0.4 is 15.4 Å². The third-order valence-electron chi connectivity index (χ3n) is 2.83. The van der Waals surface area contributed by atoms with Crippen molar-refractivity contribution in [2.75, 3.05) is 13.3 Å². The molecule has 4 heteroatoms. The number of rotatable bonds is 6. The zero-order valence-electron chi connectivity index (χ0n) is 11.4. The number of urea groups is 1. The molecule has 0 fully saturated rings. The Balaban J connectivity index is 2.29. The van der Waals surface area contributed by atoms with Crippen LogP contribution in [0.2, 0.25) is 0 Å². The van der Waals surface area contributed by atoms with Gasteiger partial charge >= 0.3 is 6.03 Å². The van der Waals surface area contributed by atoms with Gasteiger partial charge in [0.1, 0.15) is 5.75 Å². The van der Waals surface area contributed by atoms with E-state index in [9.17, 15) is 4.79 Å². The average Bonchev–Trinajstić information content (AvgIpc) is 2.35. The summed E-state index contributed by atoms with van der Waals surface area (Å²) in [5, 5.41) is 5.43. The lowest BCUT2D eigenvalue weighted by molar-refractivity contribution is 0.223. The lowest BCUT2D eigenvalue weighted by Gasteiger charge is -2.12. The van der Waals surface area contributed by atoms with Crippen LogP contribution in [-0.2, 0) is 0 Å². The van der Waals surface area contributed by atoms with Crippen molar-refractivity contribution < 1.29 is 9.53 Å². The molecule has 0 spiro atoms. The molecule has 0 atom stereocenters. The second-order valence-corrected chi connectivity index (χ2v) is 4.27. The first-order chi connectivity index (χ1) is 8.65. The Bertz CT molecular complexity index is 391. The first-order valence-corrected chi connectivity index (χ1v) is 6.36. The predicted octanol–water partition coefficient (Wildman–Crippen LogP) is 2.74. The zero-order valence-corrected chi connectivity index (χ0v) is 11.4. The lowest BCUT2D eigenvalue weighted by atomic mass is 10.1. The topological polar surface area (TPSA) is 50.4 Å². The number of unbranched alkanes of at least 4 members (excludes halogenated alkanes) is 1. The standard InChI is InChI=1S/C14H22N2O2/c1-4-5-9-15-14(17)16-10-18-13-8-6-7-11(2)12(13)3/h6-8H,4-5,9-10H2,1-3H3,(H2,15,16,17). The molecule has 1 aromatic rings. The summed E-state index contributed by atoms with van der Waals surface area (Å²) in [6.07, 6.45) is 2.06. The van der Waals surface area contributed by atoms with E-state index in [0.29, 0.717) is 6.54 Å². The summed E-state index contributed by atoms with van der Waals surface area (Å²) in [4.78, 5) is 11.4. The van der Waals surface area contributed by atoms with Gasteiger partial charge in [-0.2, -0.15) is 0 Å². The van der Waals surface area contributed by atoms with E-state index in [1.54, 1.807) is 0 Å². The number of carbonyl (C=O) groups excluding carboxylic acids is 1. The number of carbonyl (C=O) groups is 1. The first kappa shape index (κ1) is 14.4. The molecule has 0 aliphatic rings. The fourth-order valence-corrected chi connectivity index (χ4v) is 1.50. The maximum absolute atomic E-state index is 11.4. The molecule has 0 saturated carbocycles. The summed E-state index contributed by atoms with van der Waals surface area (Å²) < 4.78 is 5.52. The molecule has 0 radical (unpaired) electrons. The van der Waals surface area contributed by atoms with E-state index in [0.717, 1.165) is 24.2 Å². The molecule has 0 aromatic heterocycles. The third-order valence-corrected chi connectivity index (χ3v) is 2.83. The molecule has 2 N–H and O–H groups in total. The highest BCUT2D eigenvalue weighted by molar-refractivity contribution is 5.73. The van der Waals surface area contributed by atoms with Gasteiger partial charge in [-0.3, -0.25) is 0 Å². The average molecular weight is 250 g/mol. The molecular formula is C14H22N2O2. The largest absolute Gasteiger partial charge is 0.473 e. The minimum absolute atomic E-state index is 0.183. The first-order valence-electron chi connectivity index (χ1n) is 6.36. The molecule has 0 heterocycles. The van der Waals surface area contributed by atoms with Crippen LogP contribution in [0.25, 0.3) is 0 Å². The van der Waals surface area contributed by atoms with Gasteiger partial charge in [-0.25, -0.2) is 4.79 Å². The quantitative estimate of drug-likeness (QED) is 0.602. The zero-order chi connectivity index (χ0) is 13.4. The predicted molar refractivity (Wildman–Crippen MR) is 72.9 cm³/mol. The molecule has 0 unspecified atom stereocenters. The van der Waals surface area contributed by atoms with Crippen molar-refractivity contribution in [3.63, 3.8) is 0 Å². The van der Waals surface area contributed by atoms with Gasteiger partial charge in [0.2, 0.25) is 0 Å². The Labute approximate surface area is 109 Å². The van der Waals surface area contributed by atoms with Crippen molar-refractivity contribution in [1.82, 2.24) is 10.6 Å². The van der Waals surface area contributed by atoms with E-state index < -0.39 is 0 Å². The highest BCUT2D eigenvalue weighted by Crippen LogP contribution is 2.19. The van der Waals surface area contributed by atoms with E-state index in [4.69, 9.17) is 4.74 Å². The third kappa shape index (κ3) is 4.65. The van der Waals surface area contributed by atoms with Crippen LogP contribution in [0, 0.1) is 13.8 Å². The molecular weight excluding hydrogens is 228 g/mol. The number of benzene rings is 1. The summed E-state index contributed by atoms with van der Waals surface area (Å²) in [5.74, 6) is 0.809. The highest BCUT2D eigenvalue weighted by Gasteiger charge is 2.02. The normalized spacial score (nSPS) is 9.94. The Morgan fingerprint density at radius 3 is 2.78 bits per heavy atom. The summed E-state index contributed by atoms with van der Waals surface area (Å²) in [6.45, 7) is 7.01. The molecule has 1 aromatic carbocycles. The van der Waals surface area contributed by atoms with Gasteiger partial charge in [0.25, 0.3) is 0 Å².